The van der Waals surface area contributed by atoms with Crippen molar-refractivity contribution in [1.82, 2.24) is 24.3 Å². The first-order valence-electron chi connectivity index (χ1n) is 11.4. The van der Waals surface area contributed by atoms with Crippen LogP contribution in [0.3, 0.4) is 0 Å². The normalized spacial score (nSPS) is 16.2. The number of carbonyl (C=O) groups is 1. The van der Waals surface area contributed by atoms with Gasteiger partial charge < -0.3 is 14.6 Å². The van der Waals surface area contributed by atoms with Crippen LogP contribution in [0.15, 0.2) is 61.1 Å². The molecular weight excluding hydrogens is 412 g/mol. The monoisotopic (exact) mass is 440 g/mol. The number of fused-ring (bicyclic) bond motifs is 1. The van der Waals surface area contributed by atoms with Gasteiger partial charge in [-0.3, -0.25) is 9.78 Å². The molecule has 4 aromatic rings. The van der Waals surface area contributed by atoms with Gasteiger partial charge in [0, 0.05) is 37.1 Å². The minimum absolute atomic E-state index is 0.150. The molecule has 7 heteroatoms. The van der Waals surface area contributed by atoms with Gasteiger partial charge in [0.2, 0.25) is 5.91 Å². The average Bonchev–Trinajstić information content (AvgIpc) is 3.16. The van der Waals surface area contributed by atoms with Crippen LogP contribution in [0.1, 0.15) is 41.4 Å². The Hall–Kier alpha value is -3.74. The van der Waals surface area contributed by atoms with Crippen LogP contribution >= 0.6 is 0 Å². The van der Waals surface area contributed by atoms with Gasteiger partial charge in [-0.25, -0.2) is 9.97 Å². The SMILES string of the molecule is Cc1cccnc1Nc1ccc([C@@H]2CCCN(C(=O)Cc3c(C)nc4ccccn34)C2)nc1. The van der Waals surface area contributed by atoms with Gasteiger partial charge in [-0.05, 0) is 62.6 Å². The van der Waals surface area contributed by atoms with Gasteiger partial charge in [0.15, 0.2) is 0 Å². The summed E-state index contributed by atoms with van der Waals surface area (Å²) in [6.07, 6.45) is 7.99. The molecule has 0 spiro atoms. The summed E-state index contributed by atoms with van der Waals surface area (Å²) in [5.41, 5.74) is 5.79. The molecule has 1 N–H and O–H groups in total. The topological polar surface area (TPSA) is 75.4 Å². The highest BCUT2D eigenvalue weighted by atomic mass is 16.2. The molecule has 1 atom stereocenters. The molecule has 0 bridgehead atoms. The second-order valence-electron chi connectivity index (χ2n) is 8.69. The predicted molar refractivity (Wildman–Crippen MR) is 129 cm³/mol. The molecule has 0 aromatic carbocycles. The maximum atomic E-state index is 13.2. The number of hydrogen-bond donors (Lipinski definition) is 1. The summed E-state index contributed by atoms with van der Waals surface area (Å²) in [5, 5.41) is 3.33. The maximum Gasteiger partial charge on any atom is 0.228 e. The molecule has 1 saturated heterocycles. The van der Waals surface area contributed by atoms with Crippen molar-refractivity contribution < 1.29 is 4.79 Å². The molecule has 0 aliphatic carbocycles. The molecule has 5 heterocycles. The third-order valence-electron chi connectivity index (χ3n) is 6.40. The third kappa shape index (κ3) is 4.44. The number of rotatable bonds is 5. The zero-order valence-corrected chi connectivity index (χ0v) is 19.0. The Labute approximate surface area is 193 Å². The average molecular weight is 441 g/mol. The summed E-state index contributed by atoms with van der Waals surface area (Å²) >= 11 is 0. The van der Waals surface area contributed by atoms with Crippen molar-refractivity contribution >= 4 is 23.1 Å². The van der Waals surface area contributed by atoms with E-state index in [-0.39, 0.29) is 11.8 Å². The van der Waals surface area contributed by atoms with Gasteiger partial charge in [-0.1, -0.05) is 12.1 Å². The summed E-state index contributed by atoms with van der Waals surface area (Å²) in [5.74, 6) is 1.23. The number of aryl methyl sites for hydroxylation is 2. The Bertz CT molecular complexity index is 1280. The molecular formula is C26H28N6O. The summed E-state index contributed by atoms with van der Waals surface area (Å²) in [6, 6.07) is 14.0. The van der Waals surface area contributed by atoms with E-state index >= 15 is 0 Å². The second-order valence-corrected chi connectivity index (χ2v) is 8.69. The highest BCUT2D eigenvalue weighted by Gasteiger charge is 2.26. The zero-order chi connectivity index (χ0) is 22.8. The highest BCUT2D eigenvalue weighted by molar-refractivity contribution is 5.79. The fourth-order valence-electron chi connectivity index (χ4n) is 4.55. The Kier molecular flexibility index (Phi) is 5.77. The summed E-state index contributed by atoms with van der Waals surface area (Å²) in [6.45, 7) is 5.50. The minimum Gasteiger partial charge on any atom is -0.342 e. The summed E-state index contributed by atoms with van der Waals surface area (Å²) < 4.78 is 2.02. The number of hydrogen-bond acceptors (Lipinski definition) is 5. The van der Waals surface area contributed by atoms with E-state index in [4.69, 9.17) is 4.98 Å². The van der Waals surface area contributed by atoms with Crippen molar-refractivity contribution in [3.05, 3.63) is 83.7 Å². The van der Waals surface area contributed by atoms with Crippen molar-refractivity contribution in [2.24, 2.45) is 0 Å². The molecule has 168 valence electrons. The quantitative estimate of drug-likeness (QED) is 0.497. The smallest absolute Gasteiger partial charge is 0.228 e. The fourth-order valence-corrected chi connectivity index (χ4v) is 4.55. The Balaban J connectivity index is 1.26. The molecule has 7 nitrogen and oxygen atoms in total. The lowest BCUT2D eigenvalue weighted by atomic mass is 9.94. The van der Waals surface area contributed by atoms with Crippen LogP contribution in [-0.2, 0) is 11.2 Å². The van der Waals surface area contributed by atoms with E-state index in [1.165, 1.54) is 0 Å². The summed E-state index contributed by atoms with van der Waals surface area (Å²) in [4.78, 5) is 28.8. The van der Waals surface area contributed by atoms with Crippen LogP contribution < -0.4 is 5.32 Å². The van der Waals surface area contributed by atoms with E-state index in [0.717, 1.165) is 59.2 Å². The molecule has 1 aliphatic heterocycles. The van der Waals surface area contributed by atoms with E-state index in [2.05, 4.69) is 21.4 Å². The van der Waals surface area contributed by atoms with Crippen molar-refractivity contribution in [3.8, 4) is 0 Å². The van der Waals surface area contributed by atoms with E-state index in [1.807, 2.05) is 71.9 Å². The molecule has 5 rings (SSSR count). The lowest BCUT2D eigenvalue weighted by molar-refractivity contribution is -0.131. The van der Waals surface area contributed by atoms with Crippen LogP contribution in [0.5, 0.6) is 0 Å². The number of amides is 1. The first-order chi connectivity index (χ1) is 16.1. The molecule has 1 fully saturated rings. The Morgan fingerprint density at radius 2 is 2.03 bits per heavy atom. The van der Waals surface area contributed by atoms with Crippen LogP contribution in [0, 0.1) is 13.8 Å². The first kappa shape index (κ1) is 21.1. The third-order valence-corrected chi connectivity index (χ3v) is 6.40. The van der Waals surface area contributed by atoms with Gasteiger partial charge in [0.1, 0.15) is 11.5 Å². The molecule has 4 aromatic heterocycles. The van der Waals surface area contributed by atoms with Crippen molar-refractivity contribution in [2.75, 3.05) is 18.4 Å². The second kappa shape index (κ2) is 9.02. The van der Waals surface area contributed by atoms with Gasteiger partial charge in [-0.2, -0.15) is 0 Å². The Morgan fingerprint density at radius 3 is 2.85 bits per heavy atom. The largest absolute Gasteiger partial charge is 0.342 e. The number of piperidine rings is 1. The lowest BCUT2D eigenvalue weighted by Gasteiger charge is -2.32. The number of imidazole rings is 1. The van der Waals surface area contributed by atoms with Gasteiger partial charge in [0.05, 0.1) is 29.7 Å². The van der Waals surface area contributed by atoms with Crippen LogP contribution in [-0.4, -0.2) is 43.2 Å². The first-order valence-corrected chi connectivity index (χ1v) is 11.4. The molecule has 33 heavy (non-hydrogen) atoms. The van der Waals surface area contributed by atoms with Gasteiger partial charge in [0.25, 0.3) is 0 Å². The van der Waals surface area contributed by atoms with Crippen molar-refractivity contribution in [3.63, 3.8) is 0 Å². The number of nitrogens with zero attached hydrogens (tertiary/aromatic N) is 5. The molecule has 0 unspecified atom stereocenters. The lowest BCUT2D eigenvalue weighted by Crippen LogP contribution is -2.40. The van der Waals surface area contributed by atoms with E-state index in [1.54, 1.807) is 6.20 Å². The fraction of sp³-hybridized carbons (Fsp3) is 0.308. The van der Waals surface area contributed by atoms with E-state index in [9.17, 15) is 4.79 Å². The maximum absolute atomic E-state index is 13.2. The van der Waals surface area contributed by atoms with Crippen LogP contribution in [0.2, 0.25) is 0 Å². The molecule has 1 amide bonds. The van der Waals surface area contributed by atoms with Gasteiger partial charge in [-0.15, -0.1) is 0 Å². The number of anilines is 2. The van der Waals surface area contributed by atoms with Crippen molar-refractivity contribution in [2.45, 2.75) is 39.0 Å². The molecule has 1 aliphatic rings. The zero-order valence-electron chi connectivity index (χ0n) is 19.0. The Morgan fingerprint density at radius 1 is 1.12 bits per heavy atom. The van der Waals surface area contributed by atoms with Crippen LogP contribution in [0.25, 0.3) is 5.65 Å². The number of nitrogens with one attached hydrogen (secondary N) is 1. The number of likely N-dealkylation sites (tertiary alicyclic amines) is 1. The van der Waals surface area contributed by atoms with Gasteiger partial charge >= 0.3 is 0 Å². The van der Waals surface area contributed by atoms with E-state index in [0.29, 0.717) is 13.0 Å². The standard InChI is InChI=1S/C26H28N6O/c1-18-7-5-12-27-26(18)30-21-10-11-22(28-16-21)20-8-6-13-31(17-20)25(33)15-23-19(2)29-24-9-3-4-14-32(23)24/h3-5,7,9-12,14,16,20H,6,8,13,15,17H2,1-2H3,(H,27,30)/t20-/m1/s1. The number of aromatic nitrogens is 4. The molecule has 0 saturated carbocycles. The number of carbonyl (C=O) groups excluding carboxylic acids is 1. The van der Waals surface area contributed by atoms with Crippen molar-refractivity contribution in [1.29, 1.82) is 0 Å². The number of pyridine rings is 3. The highest BCUT2D eigenvalue weighted by Crippen LogP contribution is 2.27. The minimum atomic E-state index is 0.150. The predicted octanol–water partition coefficient (Wildman–Crippen LogP) is 4.43. The molecule has 0 radical (unpaired) electrons. The van der Waals surface area contributed by atoms with Crippen LogP contribution in [0.4, 0.5) is 11.5 Å². The van der Waals surface area contributed by atoms with E-state index < -0.39 is 0 Å². The summed E-state index contributed by atoms with van der Waals surface area (Å²) in [7, 11) is 0.